The molecule has 186 valence electrons. The van der Waals surface area contributed by atoms with E-state index in [0.717, 1.165) is 18.4 Å². The molecule has 5 rings (SSSR count). The van der Waals surface area contributed by atoms with Crippen molar-refractivity contribution in [3.8, 4) is 17.7 Å². The van der Waals surface area contributed by atoms with E-state index >= 15 is 0 Å². The Bertz CT molecular complexity index is 1570. The number of halogens is 1. The van der Waals surface area contributed by atoms with Gasteiger partial charge in [-0.15, -0.1) is 5.10 Å². The highest BCUT2D eigenvalue weighted by Gasteiger charge is 2.29. The van der Waals surface area contributed by atoms with Crippen LogP contribution in [0.5, 0.6) is 11.6 Å². The molecular weight excluding hydrogens is 534 g/mol. The van der Waals surface area contributed by atoms with Gasteiger partial charge in [0.15, 0.2) is 5.65 Å². The van der Waals surface area contributed by atoms with Crippen LogP contribution in [0.25, 0.3) is 5.65 Å². The molecule has 1 aliphatic carbocycles. The molecule has 0 aliphatic heterocycles. The van der Waals surface area contributed by atoms with Crippen molar-refractivity contribution in [3.63, 3.8) is 0 Å². The monoisotopic (exact) mass is 557 g/mol. The zero-order valence-electron chi connectivity index (χ0n) is 20.4. The molecule has 9 heteroatoms. The fourth-order valence-corrected chi connectivity index (χ4v) is 4.20. The van der Waals surface area contributed by atoms with Gasteiger partial charge in [0, 0.05) is 29.3 Å². The average Bonchev–Trinajstić information content (AvgIpc) is 3.67. The second-order valence-corrected chi connectivity index (χ2v) is 10.5. The van der Waals surface area contributed by atoms with E-state index in [2.05, 4.69) is 37.4 Å². The quantitative estimate of drug-likeness (QED) is 0.290. The summed E-state index contributed by atoms with van der Waals surface area (Å²) in [7, 11) is 0. The number of nitrogens with one attached hydrogen (secondary N) is 1. The summed E-state index contributed by atoms with van der Waals surface area (Å²) in [6, 6.07) is 18.0. The van der Waals surface area contributed by atoms with Crippen molar-refractivity contribution < 1.29 is 14.3 Å². The summed E-state index contributed by atoms with van der Waals surface area (Å²) < 4.78 is 8.29. The molecule has 0 unspecified atom stereocenters. The Hall–Kier alpha value is -4.03. The number of nitriles is 1. The number of amides is 1. The lowest BCUT2D eigenvalue weighted by Crippen LogP contribution is -2.17. The number of ketones is 1. The van der Waals surface area contributed by atoms with Gasteiger partial charge in [-0.05, 0) is 78.5 Å². The van der Waals surface area contributed by atoms with E-state index in [0.29, 0.717) is 45.1 Å². The van der Waals surface area contributed by atoms with Crippen molar-refractivity contribution in [2.45, 2.75) is 38.5 Å². The first-order valence-corrected chi connectivity index (χ1v) is 12.7. The molecule has 2 aromatic heterocycles. The molecule has 2 aromatic carbocycles. The number of anilines is 1. The number of nitrogens with zero attached hydrogens (tertiary/aromatic N) is 4. The maximum Gasteiger partial charge on any atom is 0.255 e. The van der Waals surface area contributed by atoms with Crippen molar-refractivity contribution in [2.75, 3.05) is 5.32 Å². The van der Waals surface area contributed by atoms with E-state index < -0.39 is 5.41 Å². The molecule has 37 heavy (non-hydrogen) atoms. The summed E-state index contributed by atoms with van der Waals surface area (Å²) in [5, 5.41) is 16.8. The lowest BCUT2D eigenvalue weighted by molar-refractivity contribution is -0.119. The summed E-state index contributed by atoms with van der Waals surface area (Å²) in [4.78, 5) is 29.5. The maximum absolute atomic E-state index is 12.9. The Labute approximate surface area is 222 Å². The molecule has 2 heterocycles. The molecule has 8 nitrogen and oxygen atoms in total. The number of fused-ring (bicyclic) bond motifs is 1. The van der Waals surface area contributed by atoms with Gasteiger partial charge >= 0.3 is 0 Å². The zero-order chi connectivity index (χ0) is 26.2. The van der Waals surface area contributed by atoms with Crippen molar-refractivity contribution in [1.82, 2.24) is 14.6 Å². The van der Waals surface area contributed by atoms with Gasteiger partial charge in [0.05, 0.1) is 34.3 Å². The molecule has 1 aliphatic rings. The zero-order valence-corrected chi connectivity index (χ0v) is 21.9. The van der Waals surface area contributed by atoms with Gasteiger partial charge in [-0.1, -0.05) is 12.1 Å². The first-order chi connectivity index (χ1) is 17.7. The lowest BCUT2D eigenvalue weighted by atomic mass is 9.85. The minimum Gasteiger partial charge on any atom is -0.436 e. The maximum atomic E-state index is 12.9. The molecule has 1 amide bonds. The van der Waals surface area contributed by atoms with Crippen LogP contribution in [0.2, 0.25) is 0 Å². The van der Waals surface area contributed by atoms with Crippen LogP contribution in [0.1, 0.15) is 48.3 Å². The number of carbonyl (C=O) groups excluding carboxylic acids is 2. The fraction of sp³-hybridized carbons (Fsp3) is 0.250. The van der Waals surface area contributed by atoms with Crippen LogP contribution >= 0.6 is 15.9 Å². The molecule has 1 saturated carbocycles. The van der Waals surface area contributed by atoms with Gasteiger partial charge in [0.2, 0.25) is 5.88 Å². The van der Waals surface area contributed by atoms with E-state index in [1.165, 1.54) is 0 Å². The summed E-state index contributed by atoms with van der Waals surface area (Å²) in [5.41, 5.74) is 2.38. The number of hydrogen-bond donors (Lipinski definition) is 1. The molecule has 0 radical (unpaired) electrons. The van der Waals surface area contributed by atoms with Crippen LogP contribution < -0.4 is 10.1 Å². The minimum atomic E-state index is -0.703. The highest BCUT2D eigenvalue weighted by atomic mass is 79.9. The molecule has 1 fully saturated rings. The van der Waals surface area contributed by atoms with Crippen LogP contribution in [0.3, 0.4) is 0 Å². The predicted molar refractivity (Wildman–Crippen MR) is 142 cm³/mol. The predicted octanol–water partition coefficient (Wildman–Crippen LogP) is 5.86. The van der Waals surface area contributed by atoms with Gasteiger partial charge in [0.1, 0.15) is 11.5 Å². The summed E-state index contributed by atoms with van der Waals surface area (Å²) in [6.45, 7) is 3.62. The molecule has 4 aromatic rings. The second kappa shape index (κ2) is 9.79. The van der Waals surface area contributed by atoms with E-state index in [1.807, 2.05) is 19.9 Å². The van der Waals surface area contributed by atoms with Crippen molar-refractivity contribution in [1.29, 1.82) is 5.26 Å². The molecule has 0 atom stereocenters. The Morgan fingerprint density at radius 1 is 1.19 bits per heavy atom. The number of rotatable bonds is 8. The van der Waals surface area contributed by atoms with Crippen LogP contribution in [-0.4, -0.2) is 26.3 Å². The number of aromatic nitrogens is 3. The van der Waals surface area contributed by atoms with Gasteiger partial charge in [-0.2, -0.15) is 5.26 Å². The third kappa shape index (κ3) is 5.54. The Morgan fingerprint density at radius 2 is 2.00 bits per heavy atom. The van der Waals surface area contributed by atoms with Gasteiger partial charge in [-0.3, -0.25) is 9.59 Å². The highest BCUT2D eigenvalue weighted by Crippen LogP contribution is 2.33. The highest BCUT2D eigenvalue weighted by molar-refractivity contribution is 9.10. The smallest absolute Gasteiger partial charge is 0.255 e. The number of carbonyl (C=O) groups is 2. The SMILES string of the molecule is CC(C)(C#N)c1cccc(C(=O)Nc2ccc(Br)c(Oc3ccc4nc(CC(=O)C5CC5)cn4n3)c2)c1. The van der Waals surface area contributed by atoms with Gasteiger partial charge in [-0.25, -0.2) is 9.50 Å². The largest absolute Gasteiger partial charge is 0.436 e. The number of hydrogen-bond acceptors (Lipinski definition) is 6. The first-order valence-electron chi connectivity index (χ1n) is 11.9. The van der Waals surface area contributed by atoms with E-state index in [1.54, 1.807) is 59.2 Å². The molecule has 1 N–H and O–H groups in total. The second-order valence-electron chi connectivity index (χ2n) is 9.64. The summed E-state index contributed by atoms with van der Waals surface area (Å²) in [6.07, 6.45) is 4.01. The van der Waals surface area contributed by atoms with Crippen LogP contribution in [0, 0.1) is 17.2 Å². The standard InChI is InChI=1S/C28H24BrN5O3/c1-28(2,16-30)19-5-3-4-18(12-19)27(36)32-20-8-9-22(29)24(14-20)37-26-11-10-25-31-21(15-34(25)33-26)13-23(35)17-6-7-17/h3-5,8-12,14-15,17H,6-7,13H2,1-2H3,(H,32,36). The topological polar surface area (TPSA) is 109 Å². The van der Waals surface area contributed by atoms with Gasteiger partial charge < -0.3 is 10.1 Å². The number of imidazole rings is 1. The van der Waals surface area contributed by atoms with E-state index in [4.69, 9.17) is 4.74 Å². The van der Waals surface area contributed by atoms with Crippen LogP contribution in [0.4, 0.5) is 5.69 Å². The fourth-order valence-electron chi connectivity index (χ4n) is 3.87. The number of ether oxygens (including phenoxy) is 1. The lowest BCUT2D eigenvalue weighted by Gasteiger charge is -2.16. The van der Waals surface area contributed by atoms with E-state index in [-0.39, 0.29) is 17.6 Å². The molecular formula is C28H24BrN5O3. The number of benzene rings is 2. The first kappa shape index (κ1) is 24.7. The average molecular weight is 558 g/mol. The van der Waals surface area contributed by atoms with E-state index in [9.17, 15) is 14.9 Å². The molecule has 0 bridgehead atoms. The third-order valence-corrected chi connectivity index (χ3v) is 6.92. The van der Waals surface area contributed by atoms with Crippen molar-refractivity contribution >= 4 is 39.0 Å². The van der Waals surface area contributed by atoms with Crippen LogP contribution in [-0.2, 0) is 16.6 Å². The van der Waals surface area contributed by atoms with Gasteiger partial charge in [0.25, 0.3) is 5.91 Å². The Kier molecular flexibility index (Phi) is 6.52. The summed E-state index contributed by atoms with van der Waals surface area (Å²) >= 11 is 3.49. The number of Topliss-reactive ketones (excluding diaryl/α,β-unsaturated/α-hetero) is 1. The molecule has 0 spiro atoms. The minimum absolute atomic E-state index is 0.190. The van der Waals surface area contributed by atoms with Crippen LogP contribution in [0.15, 0.2) is 65.3 Å². The normalized spacial score (nSPS) is 13.2. The summed E-state index contributed by atoms with van der Waals surface area (Å²) in [5.74, 6) is 0.919. The Balaban J connectivity index is 1.32. The van der Waals surface area contributed by atoms with Crippen molar-refractivity contribution in [3.05, 3.63) is 82.1 Å². The Morgan fingerprint density at radius 3 is 2.76 bits per heavy atom. The molecule has 0 saturated heterocycles. The third-order valence-electron chi connectivity index (χ3n) is 6.26. The van der Waals surface area contributed by atoms with Crippen molar-refractivity contribution in [2.24, 2.45) is 5.92 Å².